The molecule has 2 N–H and O–H groups in total. The molecular formula is C20H26O2S. The van der Waals surface area contributed by atoms with Crippen molar-refractivity contribution in [3.8, 4) is 11.5 Å². The van der Waals surface area contributed by atoms with Crippen LogP contribution in [0.4, 0.5) is 0 Å². The molecule has 124 valence electrons. The van der Waals surface area contributed by atoms with Gasteiger partial charge in [-0.25, -0.2) is 0 Å². The first-order valence-corrected chi connectivity index (χ1v) is 9.28. The molecule has 2 aromatic carbocycles. The van der Waals surface area contributed by atoms with E-state index in [1.54, 1.807) is 18.2 Å². The second-order valence-electron chi connectivity index (χ2n) is 5.83. The van der Waals surface area contributed by atoms with Crippen LogP contribution in [-0.2, 0) is 12.8 Å². The number of hydrogen-bond acceptors (Lipinski definition) is 3. The number of aromatic hydroxyl groups is 2. The Morgan fingerprint density at radius 2 is 1.43 bits per heavy atom. The summed E-state index contributed by atoms with van der Waals surface area (Å²) in [6.07, 6.45) is 6.83. The number of benzene rings is 2. The normalized spacial score (nSPS) is 10.9. The molecule has 2 rings (SSSR count). The minimum absolute atomic E-state index is 0.135. The lowest BCUT2D eigenvalue weighted by Gasteiger charge is -2.15. The first-order valence-electron chi connectivity index (χ1n) is 8.46. The molecule has 0 bridgehead atoms. The summed E-state index contributed by atoms with van der Waals surface area (Å²) in [5, 5.41) is 20.1. The van der Waals surface area contributed by atoms with Gasteiger partial charge in [-0.3, -0.25) is 0 Å². The molecule has 0 amide bonds. The van der Waals surface area contributed by atoms with Crippen molar-refractivity contribution >= 4 is 11.8 Å². The standard InChI is InChI=1S/C20H26O2S/c1-3-5-9-15-10-7-14-19(16(15)11-6-4-2)23-20-17(21)12-8-13-18(20)22/h7-8,10,12-14,21-22H,3-6,9,11H2,1-2H3. The van der Waals surface area contributed by atoms with Gasteiger partial charge in [0.1, 0.15) is 11.5 Å². The molecule has 0 aliphatic carbocycles. The van der Waals surface area contributed by atoms with E-state index in [1.165, 1.54) is 35.7 Å². The molecule has 0 aliphatic heterocycles. The fourth-order valence-electron chi connectivity index (χ4n) is 2.67. The maximum atomic E-state index is 10.0. The summed E-state index contributed by atoms with van der Waals surface area (Å²) in [4.78, 5) is 1.68. The predicted molar refractivity (Wildman–Crippen MR) is 97.6 cm³/mol. The summed E-state index contributed by atoms with van der Waals surface area (Å²) in [6.45, 7) is 4.42. The third-order valence-electron chi connectivity index (χ3n) is 4.00. The largest absolute Gasteiger partial charge is 0.507 e. The van der Waals surface area contributed by atoms with Gasteiger partial charge in [0.15, 0.2) is 0 Å². The molecule has 0 aliphatic rings. The van der Waals surface area contributed by atoms with E-state index in [1.807, 2.05) is 0 Å². The highest BCUT2D eigenvalue weighted by Gasteiger charge is 2.14. The van der Waals surface area contributed by atoms with Crippen LogP contribution < -0.4 is 0 Å². The zero-order valence-electron chi connectivity index (χ0n) is 14.0. The van der Waals surface area contributed by atoms with E-state index in [0.29, 0.717) is 4.90 Å². The van der Waals surface area contributed by atoms with Crippen molar-refractivity contribution in [1.82, 2.24) is 0 Å². The first-order chi connectivity index (χ1) is 11.2. The van der Waals surface area contributed by atoms with Gasteiger partial charge in [0.25, 0.3) is 0 Å². The summed E-state index contributed by atoms with van der Waals surface area (Å²) >= 11 is 1.47. The lowest BCUT2D eigenvalue weighted by atomic mass is 9.98. The number of hydrogen-bond donors (Lipinski definition) is 2. The second kappa shape index (κ2) is 8.88. The van der Waals surface area contributed by atoms with Crippen molar-refractivity contribution in [2.45, 2.75) is 62.2 Å². The third-order valence-corrected chi connectivity index (χ3v) is 5.22. The van der Waals surface area contributed by atoms with Gasteiger partial charge in [0.2, 0.25) is 0 Å². The zero-order valence-corrected chi connectivity index (χ0v) is 14.8. The van der Waals surface area contributed by atoms with Gasteiger partial charge in [-0.2, -0.15) is 0 Å². The summed E-state index contributed by atoms with van der Waals surface area (Å²) in [6, 6.07) is 11.3. The Kier molecular flexibility index (Phi) is 6.85. The number of unbranched alkanes of at least 4 members (excludes halogenated alkanes) is 2. The van der Waals surface area contributed by atoms with E-state index in [4.69, 9.17) is 0 Å². The van der Waals surface area contributed by atoms with E-state index >= 15 is 0 Å². The molecule has 23 heavy (non-hydrogen) atoms. The fraction of sp³-hybridized carbons (Fsp3) is 0.400. The van der Waals surface area contributed by atoms with Gasteiger partial charge < -0.3 is 10.2 Å². The van der Waals surface area contributed by atoms with Crippen LogP contribution in [0.2, 0.25) is 0 Å². The quantitative estimate of drug-likeness (QED) is 0.630. The van der Waals surface area contributed by atoms with E-state index in [9.17, 15) is 10.2 Å². The smallest absolute Gasteiger partial charge is 0.133 e. The first kappa shape index (κ1) is 17.7. The highest BCUT2D eigenvalue weighted by molar-refractivity contribution is 7.99. The van der Waals surface area contributed by atoms with Gasteiger partial charge >= 0.3 is 0 Å². The highest BCUT2D eigenvalue weighted by Crippen LogP contribution is 2.42. The van der Waals surface area contributed by atoms with Crippen LogP contribution in [0.25, 0.3) is 0 Å². The highest BCUT2D eigenvalue weighted by atomic mass is 32.2. The zero-order chi connectivity index (χ0) is 16.7. The molecule has 0 atom stereocenters. The van der Waals surface area contributed by atoms with Gasteiger partial charge in [0.05, 0.1) is 4.90 Å². The Labute approximate surface area is 143 Å². The van der Waals surface area contributed by atoms with Gasteiger partial charge in [-0.05, 0) is 55.0 Å². The monoisotopic (exact) mass is 330 g/mol. The van der Waals surface area contributed by atoms with Crippen LogP contribution in [-0.4, -0.2) is 10.2 Å². The molecule has 0 spiro atoms. The lowest BCUT2D eigenvalue weighted by molar-refractivity contribution is 0.428. The summed E-state index contributed by atoms with van der Waals surface area (Å²) in [5.41, 5.74) is 2.77. The number of phenolic OH excluding ortho intramolecular Hbond substituents is 2. The van der Waals surface area contributed by atoms with E-state index in [-0.39, 0.29) is 11.5 Å². The van der Waals surface area contributed by atoms with Gasteiger partial charge in [-0.15, -0.1) is 0 Å². The fourth-order valence-corrected chi connectivity index (χ4v) is 3.74. The minimum atomic E-state index is 0.135. The molecule has 0 unspecified atom stereocenters. The molecular weight excluding hydrogens is 304 g/mol. The summed E-state index contributed by atoms with van der Waals surface area (Å²) < 4.78 is 0. The molecule has 0 saturated heterocycles. The van der Waals surface area contributed by atoms with Crippen LogP contribution in [0.15, 0.2) is 46.2 Å². The van der Waals surface area contributed by atoms with Crippen molar-refractivity contribution in [3.05, 3.63) is 47.5 Å². The molecule has 0 fully saturated rings. The molecule has 0 saturated carbocycles. The molecule has 0 aromatic heterocycles. The molecule has 2 aromatic rings. The van der Waals surface area contributed by atoms with Gasteiger partial charge in [-0.1, -0.05) is 56.7 Å². The van der Waals surface area contributed by atoms with Crippen LogP contribution >= 0.6 is 11.8 Å². The average Bonchev–Trinajstić information content (AvgIpc) is 2.55. The Morgan fingerprint density at radius 1 is 0.826 bits per heavy atom. The Morgan fingerprint density at radius 3 is 2.09 bits per heavy atom. The van der Waals surface area contributed by atoms with E-state index < -0.39 is 0 Å². The average molecular weight is 330 g/mol. The number of phenols is 2. The van der Waals surface area contributed by atoms with Crippen LogP contribution in [0.5, 0.6) is 11.5 Å². The molecule has 3 heteroatoms. The predicted octanol–water partition coefficient (Wildman–Crippen LogP) is 5.93. The SMILES string of the molecule is CCCCc1cccc(Sc2c(O)cccc2O)c1CCCC. The van der Waals surface area contributed by atoms with E-state index in [2.05, 4.69) is 32.0 Å². The second-order valence-corrected chi connectivity index (χ2v) is 6.88. The Hall–Kier alpha value is -1.61. The molecule has 0 radical (unpaired) electrons. The summed E-state index contributed by atoms with van der Waals surface area (Å²) in [7, 11) is 0. The topological polar surface area (TPSA) is 40.5 Å². The number of aryl methyl sites for hydroxylation is 1. The summed E-state index contributed by atoms with van der Waals surface area (Å²) in [5.74, 6) is 0.269. The Balaban J connectivity index is 2.36. The van der Waals surface area contributed by atoms with Crippen molar-refractivity contribution < 1.29 is 10.2 Å². The van der Waals surface area contributed by atoms with Crippen LogP contribution in [0.1, 0.15) is 50.7 Å². The van der Waals surface area contributed by atoms with Crippen molar-refractivity contribution in [3.63, 3.8) is 0 Å². The van der Waals surface area contributed by atoms with Gasteiger partial charge in [0, 0.05) is 4.90 Å². The maximum Gasteiger partial charge on any atom is 0.133 e. The maximum absolute atomic E-state index is 10.0. The molecule has 0 heterocycles. The Bertz CT molecular complexity index is 617. The van der Waals surface area contributed by atoms with Crippen LogP contribution in [0.3, 0.4) is 0 Å². The molecule has 2 nitrogen and oxygen atoms in total. The minimum Gasteiger partial charge on any atom is -0.507 e. The van der Waals surface area contributed by atoms with Crippen molar-refractivity contribution in [2.24, 2.45) is 0 Å². The van der Waals surface area contributed by atoms with Crippen molar-refractivity contribution in [1.29, 1.82) is 0 Å². The number of rotatable bonds is 8. The van der Waals surface area contributed by atoms with Crippen LogP contribution in [0, 0.1) is 0 Å². The van der Waals surface area contributed by atoms with E-state index in [0.717, 1.165) is 30.6 Å². The third kappa shape index (κ3) is 4.68. The lowest BCUT2D eigenvalue weighted by Crippen LogP contribution is -1.97. The van der Waals surface area contributed by atoms with Crippen molar-refractivity contribution in [2.75, 3.05) is 0 Å².